The van der Waals surface area contributed by atoms with Crippen LogP contribution in [0.5, 0.6) is 0 Å². The van der Waals surface area contributed by atoms with Crippen LogP contribution in [0.4, 0.5) is 0 Å². The predicted octanol–water partition coefficient (Wildman–Crippen LogP) is 8.59. The van der Waals surface area contributed by atoms with Gasteiger partial charge in [0.05, 0.1) is 5.41 Å². The van der Waals surface area contributed by atoms with Crippen LogP contribution in [0.15, 0.2) is 140 Å². The van der Waals surface area contributed by atoms with E-state index in [4.69, 9.17) is 19.8 Å². The number of esters is 2. The van der Waals surface area contributed by atoms with Crippen LogP contribution in [0.25, 0.3) is 22.5 Å². The molecule has 0 aliphatic rings. The van der Waals surface area contributed by atoms with Crippen LogP contribution in [-0.4, -0.2) is 53.6 Å². The van der Waals surface area contributed by atoms with Crippen molar-refractivity contribution in [3.8, 4) is 22.5 Å². The zero-order valence-electron chi connectivity index (χ0n) is 34.2. The van der Waals surface area contributed by atoms with Gasteiger partial charge in [0.1, 0.15) is 22.7 Å². The van der Waals surface area contributed by atoms with Gasteiger partial charge in [0, 0.05) is 18.5 Å². The minimum atomic E-state index is -1.45. The number of hydrogen-bond acceptors (Lipinski definition) is 9. The average Bonchev–Trinajstić information content (AvgIpc) is 3.88. The van der Waals surface area contributed by atoms with Crippen LogP contribution in [0.2, 0.25) is 0 Å². The van der Waals surface area contributed by atoms with Gasteiger partial charge in [0.15, 0.2) is 11.5 Å². The van der Waals surface area contributed by atoms with E-state index in [9.17, 15) is 14.7 Å². The van der Waals surface area contributed by atoms with Gasteiger partial charge < -0.3 is 19.1 Å². The second kappa shape index (κ2) is 16.6. The van der Waals surface area contributed by atoms with Crippen molar-refractivity contribution in [2.45, 2.75) is 65.6 Å². The van der Waals surface area contributed by atoms with E-state index in [0.29, 0.717) is 18.1 Å². The van der Waals surface area contributed by atoms with Gasteiger partial charge in [-0.1, -0.05) is 146 Å². The molecule has 0 unspecified atom stereocenters. The number of rotatable bonds is 13. The molecule has 1 N–H and O–H groups in total. The Morgan fingerprint density at radius 2 is 1.20 bits per heavy atom. The van der Waals surface area contributed by atoms with E-state index in [1.165, 1.54) is 0 Å². The molecule has 0 fully saturated rings. The summed E-state index contributed by atoms with van der Waals surface area (Å²) >= 11 is 0. The first-order chi connectivity index (χ1) is 28.3. The lowest BCUT2D eigenvalue weighted by molar-refractivity contribution is -0.161. The zero-order chi connectivity index (χ0) is 41.8. The summed E-state index contributed by atoms with van der Waals surface area (Å²) in [4.78, 5) is 30.7. The van der Waals surface area contributed by atoms with E-state index in [1.54, 1.807) is 39.2 Å². The van der Waals surface area contributed by atoms with Crippen molar-refractivity contribution in [1.29, 1.82) is 0 Å². The van der Waals surface area contributed by atoms with Gasteiger partial charge in [-0.2, -0.15) is 0 Å². The molecule has 0 amide bonds. The number of imidazole rings is 1. The number of carbonyl (C=O) groups is 2. The van der Waals surface area contributed by atoms with E-state index in [-0.39, 0.29) is 17.9 Å². The number of ether oxygens (including phenoxy) is 2. The zero-order valence-corrected chi connectivity index (χ0v) is 34.2. The number of aliphatic hydroxyl groups is 1. The number of aromatic nitrogens is 6. The Morgan fingerprint density at radius 1 is 0.678 bits per heavy atom. The molecular formula is C48H48N6O5. The summed E-state index contributed by atoms with van der Waals surface area (Å²) in [6.07, 6.45) is 0.492. The summed E-state index contributed by atoms with van der Waals surface area (Å²) in [6.45, 7) is 9.93. The van der Waals surface area contributed by atoms with Crippen molar-refractivity contribution in [3.05, 3.63) is 179 Å². The van der Waals surface area contributed by atoms with Crippen LogP contribution in [0.1, 0.15) is 85.8 Å². The second-order valence-electron chi connectivity index (χ2n) is 15.9. The highest BCUT2D eigenvalue weighted by molar-refractivity contribution is 5.89. The average molecular weight is 789 g/mol. The van der Waals surface area contributed by atoms with Crippen LogP contribution in [0, 0.1) is 5.41 Å². The highest BCUT2D eigenvalue weighted by atomic mass is 16.7. The Labute approximate surface area is 344 Å². The van der Waals surface area contributed by atoms with Gasteiger partial charge >= 0.3 is 11.9 Å². The monoisotopic (exact) mass is 788 g/mol. The fourth-order valence-electron chi connectivity index (χ4n) is 7.38. The first kappa shape index (κ1) is 40.5. The molecule has 300 valence electrons. The lowest BCUT2D eigenvalue weighted by Crippen LogP contribution is -2.39. The Balaban J connectivity index is 1.27. The maximum atomic E-state index is 13.6. The molecule has 0 bridgehead atoms. The normalized spacial score (nSPS) is 12.0. The molecule has 0 aliphatic carbocycles. The largest absolute Gasteiger partial charge is 0.427 e. The molecule has 0 atom stereocenters. The van der Waals surface area contributed by atoms with Crippen LogP contribution < -0.4 is 0 Å². The van der Waals surface area contributed by atoms with Gasteiger partial charge in [-0.25, -0.2) is 14.5 Å². The van der Waals surface area contributed by atoms with E-state index >= 15 is 0 Å². The molecule has 2 aromatic heterocycles. The van der Waals surface area contributed by atoms with Crippen LogP contribution in [0.3, 0.4) is 0 Å². The second-order valence-corrected chi connectivity index (χ2v) is 15.9. The molecular weight excluding hydrogens is 741 g/mol. The minimum Gasteiger partial charge on any atom is -0.427 e. The molecule has 0 radical (unpaired) electrons. The highest BCUT2D eigenvalue weighted by Gasteiger charge is 2.42. The number of tetrazole rings is 1. The Bertz CT molecular complexity index is 2440. The number of hydrogen-bond donors (Lipinski definition) is 1. The fraction of sp³-hybridized carbons (Fsp3) is 0.250. The van der Waals surface area contributed by atoms with Crippen molar-refractivity contribution >= 4 is 11.9 Å². The maximum Gasteiger partial charge on any atom is 0.359 e. The van der Waals surface area contributed by atoms with Crippen molar-refractivity contribution in [1.82, 2.24) is 29.8 Å². The van der Waals surface area contributed by atoms with Gasteiger partial charge in [0.2, 0.25) is 6.79 Å². The molecule has 0 saturated carbocycles. The van der Waals surface area contributed by atoms with Crippen molar-refractivity contribution in [2.24, 2.45) is 5.41 Å². The number of nitrogens with zero attached hydrogens (tertiary/aromatic N) is 6. The van der Waals surface area contributed by atoms with Gasteiger partial charge in [-0.05, 0) is 78.4 Å². The molecule has 7 aromatic rings. The molecule has 0 aliphatic heterocycles. The molecule has 2 heterocycles. The van der Waals surface area contributed by atoms with Crippen molar-refractivity contribution < 1.29 is 24.2 Å². The lowest BCUT2D eigenvalue weighted by Gasteiger charge is -2.36. The summed E-state index contributed by atoms with van der Waals surface area (Å²) in [5, 5.41) is 24.8. The molecule has 0 spiro atoms. The van der Waals surface area contributed by atoms with Crippen LogP contribution >= 0.6 is 0 Å². The SMILES string of the molecule is CCc1nc(C(C)(C)O)c(C(=O)OCOC(=O)C(C)(C)C)n1Cc1ccc(-c2ccccc2-c2nnnn2C(c2ccccc2)(c2ccccc2)c2ccccc2)cc1. The van der Waals surface area contributed by atoms with Gasteiger partial charge in [-0.3, -0.25) is 4.79 Å². The van der Waals surface area contributed by atoms with Crippen molar-refractivity contribution in [3.63, 3.8) is 0 Å². The van der Waals surface area contributed by atoms with Crippen LogP contribution in [-0.2, 0) is 38.4 Å². The Kier molecular flexibility index (Phi) is 11.4. The third-order valence-electron chi connectivity index (χ3n) is 10.3. The topological polar surface area (TPSA) is 134 Å². The summed E-state index contributed by atoms with van der Waals surface area (Å²) in [7, 11) is 0. The first-order valence-corrected chi connectivity index (χ1v) is 19.6. The minimum absolute atomic E-state index is 0.0983. The number of aryl methyl sites for hydroxylation is 1. The Hall–Kier alpha value is -6.72. The molecule has 11 nitrogen and oxygen atoms in total. The van der Waals surface area contributed by atoms with Gasteiger partial charge in [-0.15, -0.1) is 5.10 Å². The molecule has 7 rings (SSSR count). The fourth-order valence-corrected chi connectivity index (χ4v) is 7.38. The maximum absolute atomic E-state index is 13.6. The first-order valence-electron chi connectivity index (χ1n) is 19.6. The molecule has 5 aromatic carbocycles. The highest BCUT2D eigenvalue weighted by Crippen LogP contribution is 2.43. The number of carbonyl (C=O) groups excluding carboxylic acids is 2. The summed E-state index contributed by atoms with van der Waals surface area (Å²) in [6, 6.07) is 47.0. The Morgan fingerprint density at radius 3 is 1.71 bits per heavy atom. The lowest BCUT2D eigenvalue weighted by atomic mass is 9.77. The summed E-state index contributed by atoms with van der Waals surface area (Å²) in [5.74, 6) is -0.0720. The summed E-state index contributed by atoms with van der Waals surface area (Å²) < 4.78 is 14.3. The van der Waals surface area contributed by atoms with E-state index in [1.807, 2.05) is 109 Å². The van der Waals surface area contributed by atoms with E-state index < -0.39 is 35.3 Å². The standard InChI is InChI=1S/C48H48N6O5/c1-7-40-49-42(47(5,6)57)41(44(55)58-32-59-45(56)46(2,3)4)53(40)31-33-27-29-34(30-28-33)38-25-17-18-26-39(38)43-50-51-52-54(43)48(35-19-11-8-12-20-35,36-21-13-9-14-22-36)37-23-15-10-16-24-37/h8-30,57H,7,31-32H2,1-6H3. The van der Waals surface area contributed by atoms with E-state index in [0.717, 1.165) is 38.9 Å². The molecule has 59 heavy (non-hydrogen) atoms. The molecule has 0 saturated heterocycles. The third-order valence-corrected chi connectivity index (χ3v) is 10.3. The quantitative estimate of drug-likeness (QED) is 0.0693. The van der Waals surface area contributed by atoms with Crippen molar-refractivity contribution in [2.75, 3.05) is 6.79 Å². The van der Waals surface area contributed by atoms with Gasteiger partial charge in [0.25, 0.3) is 0 Å². The molecule has 11 heteroatoms. The number of benzene rings is 5. The van der Waals surface area contributed by atoms with E-state index in [2.05, 4.69) is 52.7 Å². The smallest absolute Gasteiger partial charge is 0.359 e. The third kappa shape index (κ3) is 8.06. The summed E-state index contributed by atoms with van der Waals surface area (Å²) in [5.41, 5.74) is 3.73. The predicted molar refractivity (Wildman–Crippen MR) is 225 cm³/mol.